The Kier molecular flexibility index (Phi) is 3.48. The molecule has 0 spiro atoms. The molecule has 0 bridgehead atoms. The van der Waals surface area contributed by atoms with Crippen molar-refractivity contribution in [3.05, 3.63) is 22.8 Å². The van der Waals surface area contributed by atoms with Crippen LogP contribution in [-0.4, -0.2) is 17.8 Å². The normalized spacial score (nSPS) is 11.6. The van der Waals surface area contributed by atoms with E-state index in [2.05, 4.69) is 0 Å². The van der Waals surface area contributed by atoms with Crippen LogP contribution in [0.25, 0.3) is 0 Å². The molecule has 0 aliphatic carbocycles. The largest absolute Gasteiger partial charge is 0.504 e. The first-order valence-electron chi connectivity index (χ1n) is 5.41. The molecule has 3 heteroatoms. The number of aryl methyl sites for hydroxylation is 1. The van der Waals surface area contributed by atoms with Crippen LogP contribution in [0.2, 0.25) is 0 Å². The Morgan fingerprint density at radius 2 is 1.94 bits per heavy atom. The number of hydrogen-bond donors (Lipinski definition) is 2. The fourth-order valence-corrected chi connectivity index (χ4v) is 1.77. The van der Waals surface area contributed by atoms with Crippen molar-refractivity contribution in [2.45, 2.75) is 39.7 Å². The van der Waals surface area contributed by atoms with Crippen molar-refractivity contribution in [1.82, 2.24) is 0 Å². The third-order valence-corrected chi connectivity index (χ3v) is 2.76. The van der Waals surface area contributed by atoms with Crippen LogP contribution in [-0.2, 0) is 6.42 Å². The highest BCUT2D eigenvalue weighted by Crippen LogP contribution is 2.35. The molecule has 1 aromatic carbocycles. The Balaban J connectivity index is 3.30. The summed E-state index contributed by atoms with van der Waals surface area (Å²) >= 11 is 0. The molecule has 1 aromatic rings. The molecule has 0 saturated carbocycles. The molecule has 0 aliphatic rings. The first-order chi connectivity index (χ1) is 7.26. The molecule has 0 heterocycles. The van der Waals surface area contributed by atoms with E-state index in [-0.39, 0.29) is 11.3 Å². The monoisotopic (exact) mass is 223 g/mol. The topological polar surface area (TPSA) is 55.5 Å². The van der Waals surface area contributed by atoms with Crippen molar-refractivity contribution >= 4 is 0 Å². The number of phenols is 1. The smallest absolute Gasteiger partial charge is 0.161 e. The van der Waals surface area contributed by atoms with E-state index in [9.17, 15) is 5.11 Å². The molecule has 3 nitrogen and oxygen atoms in total. The second-order valence-electron chi connectivity index (χ2n) is 5.01. The van der Waals surface area contributed by atoms with Crippen molar-refractivity contribution < 1.29 is 9.84 Å². The predicted molar refractivity (Wildman–Crippen MR) is 66.1 cm³/mol. The Morgan fingerprint density at radius 1 is 1.38 bits per heavy atom. The van der Waals surface area contributed by atoms with E-state index in [0.29, 0.717) is 12.2 Å². The number of phenolic OH excluding ortho intramolecular Hbond substituents is 1. The minimum Gasteiger partial charge on any atom is -0.504 e. The van der Waals surface area contributed by atoms with Gasteiger partial charge in [-0.05, 0) is 51.3 Å². The van der Waals surface area contributed by atoms with Crippen LogP contribution in [0.5, 0.6) is 11.5 Å². The molecule has 0 atom stereocenters. The SMILES string of the molecule is COc1cc(C)c(C)c(CC(C)(C)N)c1O. The highest BCUT2D eigenvalue weighted by Gasteiger charge is 2.20. The summed E-state index contributed by atoms with van der Waals surface area (Å²) in [7, 11) is 1.56. The van der Waals surface area contributed by atoms with Crippen molar-refractivity contribution in [1.29, 1.82) is 0 Å². The summed E-state index contributed by atoms with van der Waals surface area (Å²) in [6, 6.07) is 1.84. The van der Waals surface area contributed by atoms with Crippen LogP contribution in [0.4, 0.5) is 0 Å². The zero-order valence-electron chi connectivity index (χ0n) is 10.7. The quantitative estimate of drug-likeness (QED) is 0.826. The molecule has 0 radical (unpaired) electrons. The van der Waals surface area contributed by atoms with E-state index in [4.69, 9.17) is 10.5 Å². The number of aromatic hydroxyl groups is 1. The van der Waals surface area contributed by atoms with E-state index in [1.807, 2.05) is 33.8 Å². The Labute approximate surface area is 97.2 Å². The van der Waals surface area contributed by atoms with E-state index < -0.39 is 0 Å². The summed E-state index contributed by atoms with van der Waals surface area (Å²) in [4.78, 5) is 0. The van der Waals surface area contributed by atoms with Crippen LogP contribution in [0.15, 0.2) is 6.07 Å². The molecule has 16 heavy (non-hydrogen) atoms. The second kappa shape index (κ2) is 4.34. The fraction of sp³-hybridized carbons (Fsp3) is 0.538. The highest BCUT2D eigenvalue weighted by atomic mass is 16.5. The van der Waals surface area contributed by atoms with Gasteiger partial charge in [-0.1, -0.05) is 0 Å². The molecular weight excluding hydrogens is 202 g/mol. The van der Waals surface area contributed by atoms with E-state index in [1.54, 1.807) is 7.11 Å². The maximum absolute atomic E-state index is 10.1. The predicted octanol–water partition coefficient (Wildman–Crippen LogP) is 2.30. The maximum Gasteiger partial charge on any atom is 0.161 e. The first-order valence-corrected chi connectivity index (χ1v) is 5.41. The van der Waals surface area contributed by atoms with Gasteiger partial charge in [-0.3, -0.25) is 0 Å². The average Bonchev–Trinajstić information content (AvgIpc) is 2.17. The van der Waals surface area contributed by atoms with Gasteiger partial charge in [-0.25, -0.2) is 0 Å². The summed E-state index contributed by atoms with van der Waals surface area (Å²) in [6.07, 6.45) is 0.628. The lowest BCUT2D eigenvalue weighted by atomic mass is 9.90. The average molecular weight is 223 g/mol. The van der Waals surface area contributed by atoms with Gasteiger partial charge in [0.1, 0.15) is 0 Å². The number of benzene rings is 1. The number of ether oxygens (including phenoxy) is 1. The van der Waals surface area contributed by atoms with Crippen LogP contribution < -0.4 is 10.5 Å². The van der Waals surface area contributed by atoms with Crippen LogP contribution >= 0.6 is 0 Å². The summed E-state index contributed by atoms with van der Waals surface area (Å²) in [5.74, 6) is 0.728. The first kappa shape index (κ1) is 12.8. The van der Waals surface area contributed by atoms with Crippen molar-refractivity contribution in [2.75, 3.05) is 7.11 Å². The van der Waals surface area contributed by atoms with Gasteiger partial charge in [0.25, 0.3) is 0 Å². The summed E-state index contributed by atoms with van der Waals surface area (Å²) in [5, 5.41) is 10.1. The minimum atomic E-state index is -0.346. The van der Waals surface area contributed by atoms with Gasteiger partial charge in [0.15, 0.2) is 11.5 Å². The molecular formula is C13H21NO2. The molecule has 1 rings (SSSR count). The van der Waals surface area contributed by atoms with Crippen molar-refractivity contribution in [3.63, 3.8) is 0 Å². The third-order valence-electron chi connectivity index (χ3n) is 2.76. The lowest BCUT2D eigenvalue weighted by Gasteiger charge is -2.22. The minimum absolute atomic E-state index is 0.212. The molecule has 0 aliphatic heterocycles. The molecule has 90 valence electrons. The van der Waals surface area contributed by atoms with E-state index >= 15 is 0 Å². The molecule has 0 amide bonds. The van der Waals surface area contributed by atoms with Crippen molar-refractivity contribution in [2.24, 2.45) is 5.73 Å². The van der Waals surface area contributed by atoms with Gasteiger partial charge in [-0.15, -0.1) is 0 Å². The second-order valence-corrected chi connectivity index (χ2v) is 5.01. The highest BCUT2D eigenvalue weighted by molar-refractivity contribution is 5.53. The number of rotatable bonds is 3. The van der Waals surface area contributed by atoms with Gasteiger partial charge >= 0.3 is 0 Å². The Bertz CT molecular complexity index is 392. The molecule has 3 N–H and O–H groups in total. The van der Waals surface area contributed by atoms with E-state index in [0.717, 1.165) is 16.7 Å². The van der Waals surface area contributed by atoms with Gasteiger partial charge in [0.05, 0.1) is 7.11 Å². The Hall–Kier alpha value is -1.22. The maximum atomic E-state index is 10.1. The number of nitrogens with two attached hydrogens (primary N) is 1. The van der Waals surface area contributed by atoms with Gasteiger partial charge in [0.2, 0.25) is 0 Å². The summed E-state index contributed by atoms with van der Waals surface area (Å²) < 4.78 is 5.15. The molecule has 0 unspecified atom stereocenters. The van der Waals surface area contributed by atoms with Gasteiger partial charge in [0, 0.05) is 11.1 Å². The summed E-state index contributed by atoms with van der Waals surface area (Å²) in [6.45, 7) is 7.89. The lowest BCUT2D eigenvalue weighted by molar-refractivity contribution is 0.366. The fourth-order valence-electron chi connectivity index (χ4n) is 1.77. The third kappa shape index (κ3) is 2.67. The lowest BCUT2D eigenvalue weighted by Crippen LogP contribution is -2.34. The van der Waals surface area contributed by atoms with Crippen molar-refractivity contribution in [3.8, 4) is 11.5 Å². The Morgan fingerprint density at radius 3 is 2.38 bits per heavy atom. The van der Waals surface area contributed by atoms with Crippen LogP contribution in [0.3, 0.4) is 0 Å². The van der Waals surface area contributed by atoms with Gasteiger partial charge < -0.3 is 15.6 Å². The molecule has 0 aromatic heterocycles. The zero-order valence-corrected chi connectivity index (χ0v) is 10.7. The van der Waals surface area contributed by atoms with Crippen LogP contribution in [0, 0.1) is 13.8 Å². The number of methoxy groups -OCH3 is 1. The van der Waals surface area contributed by atoms with Gasteiger partial charge in [-0.2, -0.15) is 0 Å². The van der Waals surface area contributed by atoms with Crippen LogP contribution in [0.1, 0.15) is 30.5 Å². The number of hydrogen-bond acceptors (Lipinski definition) is 3. The summed E-state index contributed by atoms with van der Waals surface area (Å²) in [5.41, 5.74) is 8.71. The molecule has 0 saturated heterocycles. The zero-order chi connectivity index (χ0) is 12.5. The standard InChI is InChI=1S/C13H21NO2/c1-8-6-11(16-5)12(15)10(9(8)2)7-13(3,4)14/h6,15H,7,14H2,1-5H3. The molecule has 0 fully saturated rings. The van der Waals surface area contributed by atoms with E-state index in [1.165, 1.54) is 0 Å².